The zero-order chi connectivity index (χ0) is 15.1. The number of rotatable bonds is 9. The molecule has 2 aliphatic heterocycles. The van der Waals surface area contributed by atoms with Crippen molar-refractivity contribution < 1.29 is 10.2 Å². The van der Waals surface area contributed by atoms with Gasteiger partial charge in [-0.1, -0.05) is 6.92 Å². The van der Waals surface area contributed by atoms with Crippen LogP contribution in [-0.2, 0) is 0 Å². The number of hydrogen-bond donors (Lipinski definition) is 2. The van der Waals surface area contributed by atoms with Crippen LogP contribution in [0.5, 0.6) is 0 Å². The van der Waals surface area contributed by atoms with E-state index in [-0.39, 0.29) is 13.2 Å². The third-order valence-electron chi connectivity index (χ3n) is 2.70. The van der Waals surface area contributed by atoms with E-state index in [9.17, 15) is 0 Å². The molecular formula is C13H20O2S6. The molecule has 0 saturated heterocycles. The zero-order valence-electron chi connectivity index (χ0n) is 11.8. The lowest BCUT2D eigenvalue weighted by molar-refractivity contribution is 0.339. The lowest BCUT2D eigenvalue weighted by atomic mass is 10.6. The lowest BCUT2D eigenvalue weighted by Crippen LogP contribution is -2.08. The van der Waals surface area contributed by atoms with Crippen molar-refractivity contribution >= 4 is 70.6 Å². The van der Waals surface area contributed by atoms with Gasteiger partial charge in [0.1, 0.15) is 0 Å². The Bertz CT molecular complexity index is 387. The summed E-state index contributed by atoms with van der Waals surface area (Å²) in [6.07, 6.45) is 0. The van der Waals surface area contributed by atoms with Gasteiger partial charge >= 0.3 is 0 Å². The lowest BCUT2D eigenvalue weighted by Gasteiger charge is -2.15. The maximum absolute atomic E-state index is 9.08. The van der Waals surface area contributed by atoms with Crippen LogP contribution < -0.4 is 0 Å². The van der Waals surface area contributed by atoms with Gasteiger partial charge in [0.05, 0.1) is 22.4 Å². The Morgan fingerprint density at radius 2 is 1.62 bits per heavy atom. The van der Waals surface area contributed by atoms with Gasteiger partial charge in [-0.2, -0.15) is 23.5 Å². The van der Waals surface area contributed by atoms with Crippen molar-refractivity contribution in [1.29, 1.82) is 0 Å². The van der Waals surface area contributed by atoms with E-state index in [0.717, 1.165) is 21.3 Å². The summed E-state index contributed by atoms with van der Waals surface area (Å²) in [5, 5.41) is 23.0. The second-order valence-corrected chi connectivity index (χ2v) is 12.5. The van der Waals surface area contributed by atoms with Crippen LogP contribution in [0.4, 0.5) is 0 Å². The molecule has 2 nitrogen and oxygen atoms in total. The predicted molar refractivity (Wildman–Crippen MR) is 108 cm³/mol. The average Bonchev–Trinajstić information content (AvgIpc) is 3.14. The van der Waals surface area contributed by atoms with Crippen LogP contribution in [0.1, 0.15) is 6.92 Å². The molecule has 0 bridgehead atoms. The van der Waals surface area contributed by atoms with Crippen LogP contribution >= 0.6 is 70.6 Å². The number of thioether (sulfide) groups is 6. The van der Waals surface area contributed by atoms with Gasteiger partial charge in [-0.15, -0.1) is 47.0 Å². The summed E-state index contributed by atoms with van der Waals surface area (Å²) < 4.78 is 1.15. The minimum absolute atomic E-state index is 0.185. The van der Waals surface area contributed by atoms with Crippen LogP contribution in [0.25, 0.3) is 0 Å². The van der Waals surface area contributed by atoms with E-state index >= 15 is 0 Å². The molecule has 2 aliphatic rings. The van der Waals surface area contributed by atoms with Gasteiger partial charge < -0.3 is 10.2 Å². The molecule has 0 aromatic heterocycles. The van der Waals surface area contributed by atoms with Crippen LogP contribution in [0.2, 0.25) is 0 Å². The standard InChI is InChI=1S/C13H20O2S6/c1-9(17-8-13-19-6-11(3-15)21-13)4-16-7-12-18-5-10(2-14)20-12/h5-6,9,12-15H,2-4,7-8H2,1H3. The summed E-state index contributed by atoms with van der Waals surface area (Å²) >= 11 is 11.3. The fourth-order valence-electron chi connectivity index (χ4n) is 1.67. The second kappa shape index (κ2) is 10.4. The molecule has 0 spiro atoms. The second-order valence-electron chi connectivity index (χ2n) is 4.53. The topological polar surface area (TPSA) is 40.5 Å². The molecule has 2 N–H and O–H groups in total. The van der Waals surface area contributed by atoms with Crippen molar-refractivity contribution in [2.75, 3.05) is 30.5 Å². The average molecular weight is 401 g/mol. The molecule has 0 saturated carbocycles. The minimum atomic E-state index is 0.185. The molecule has 2 rings (SSSR count). The van der Waals surface area contributed by atoms with Crippen molar-refractivity contribution in [3.05, 3.63) is 20.6 Å². The van der Waals surface area contributed by atoms with E-state index in [1.54, 1.807) is 0 Å². The summed E-state index contributed by atoms with van der Waals surface area (Å²) in [4.78, 5) is 2.21. The first-order chi connectivity index (χ1) is 10.2. The van der Waals surface area contributed by atoms with Crippen molar-refractivity contribution in [2.45, 2.75) is 21.3 Å². The van der Waals surface area contributed by atoms with Crippen molar-refractivity contribution in [3.63, 3.8) is 0 Å². The molecular weight excluding hydrogens is 381 g/mol. The highest BCUT2D eigenvalue weighted by Crippen LogP contribution is 2.43. The summed E-state index contributed by atoms with van der Waals surface area (Å²) in [7, 11) is 0. The van der Waals surface area contributed by atoms with Gasteiger partial charge in [0.15, 0.2) is 0 Å². The maximum Gasteiger partial charge on any atom is 0.0746 e. The smallest absolute Gasteiger partial charge is 0.0746 e. The normalized spacial score (nSPS) is 26.8. The third kappa shape index (κ3) is 6.87. The Morgan fingerprint density at radius 3 is 2.14 bits per heavy atom. The predicted octanol–water partition coefficient (Wildman–Crippen LogP) is 4.12. The van der Waals surface area contributed by atoms with E-state index in [4.69, 9.17) is 10.2 Å². The van der Waals surface area contributed by atoms with E-state index in [1.165, 1.54) is 5.75 Å². The van der Waals surface area contributed by atoms with Crippen LogP contribution in [-0.4, -0.2) is 55.1 Å². The molecule has 3 unspecified atom stereocenters. The Hall–Kier alpha value is 1.50. The Kier molecular flexibility index (Phi) is 9.31. The van der Waals surface area contributed by atoms with Gasteiger partial charge in [0, 0.05) is 32.3 Å². The number of aliphatic hydroxyl groups is 2. The maximum atomic E-state index is 9.08. The van der Waals surface area contributed by atoms with Crippen molar-refractivity contribution in [3.8, 4) is 0 Å². The summed E-state index contributed by atoms with van der Waals surface area (Å²) in [6, 6.07) is 0. The van der Waals surface area contributed by atoms with Crippen LogP contribution in [0.3, 0.4) is 0 Å². The quantitative estimate of drug-likeness (QED) is 0.599. The van der Waals surface area contributed by atoms with Gasteiger partial charge in [0.2, 0.25) is 0 Å². The zero-order valence-corrected chi connectivity index (χ0v) is 16.7. The molecule has 0 fully saturated rings. The molecule has 8 heteroatoms. The summed E-state index contributed by atoms with van der Waals surface area (Å²) in [6.45, 7) is 2.67. The highest BCUT2D eigenvalue weighted by Gasteiger charge is 2.20. The first-order valence-electron chi connectivity index (χ1n) is 6.64. The fraction of sp³-hybridized carbons (Fsp3) is 0.692. The first-order valence-corrected chi connectivity index (χ1v) is 12.5. The molecule has 2 heterocycles. The fourth-order valence-corrected chi connectivity index (χ4v) is 9.59. The molecule has 120 valence electrons. The van der Waals surface area contributed by atoms with Gasteiger partial charge in [0.25, 0.3) is 0 Å². The monoisotopic (exact) mass is 400 g/mol. The van der Waals surface area contributed by atoms with Crippen molar-refractivity contribution in [2.24, 2.45) is 0 Å². The van der Waals surface area contributed by atoms with Gasteiger partial charge in [-0.3, -0.25) is 0 Å². The summed E-state index contributed by atoms with van der Waals surface area (Å²) in [5.74, 6) is 3.46. The highest BCUT2D eigenvalue weighted by molar-refractivity contribution is 8.24. The molecule has 21 heavy (non-hydrogen) atoms. The Morgan fingerprint density at radius 1 is 1.05 bits per heavy atom. The largest absolute Gasteiger partial charge is 0.391 e. The molecule has 0 aromatic rings. The van der Waals surface area contributed by atoms with E-state index < -0.39 is 0 Å². The van der Waals surface area contributed by atoms with Crippen LogP contribution in [0, 0.1) is 0 Å². The van der Waals surface area contributed by atoms with E-state index in [1.807, 2.05) is 70.6 Å². The molecule has 0 radical (unpaired) electrons. The number of hydrogen-bond acceptors (Lipinski definition) is 8. The number of aliphatic hydroxyl groups excluding tert-OH is 2. The highest BCUT2D eigenvalue weighted by atomic mass is 32.2. The Labute approximate surface area is 152 Å². The molecule has 0 amide bonds. The third-order valence-corrected chi connectivity index (χ3v) is 11.6. The van der Waals surface area contributed by atoms with E-state index in [2.05, 4.69) is 17.7 Å². The molecule has 0 aromatic carbocycles. The molecule has 3 atom stereocenters. The first kappa shape index (κ1) is 18.8. The van der Waals surface area contributed by atoms with E-state index in [0.29, 0.717) is 14.4 Å². The van der Waals surface area contributed by atoms with Gasteiger partial charge in [-0.05, 0) is 10.8 Å². The van der Waals surface area contributed by atoms with Gasteiger partial charge in [-0.25, -0.2) is 0 Å². The van der Waals surface area contributed by atoms with Crippen molar-refractivity contribution in [1.82, 2.24) is 0 Å². The SMILES string of the molecule is CC(CSCC1SC=C(CO)S1)SCC1SC=C(CO)S1. The Balaban J connectivity index is 1.50. The minimum Gasteiger partial charge on any atom is -0.391 e. The summed E-state index contributed by atoms with van der Waals surface area (Å²) in [5.41, 5.74) is 0. The van der Waals surface area contributed by atoms with Crippen LogP contribution in [0.15, 0.2) is 20.6 Å². The molecule has 0 aliphatic carbocycles.